The Balaban J connectivity index is 1.28. The van der Waals surface area contributed by atoms with Crippen LogP contribution >= 0.6 is 0 Å². The average Bonchev–Trinajstić information content (AvgIpc) is 3.59. The Morgan fingerprint density at radius 2 is 1.86 bits per heavy atom. The number of ether oxygens (including phenoxy) is 2. The number of hydrogen-bond donors (Lipinski definition) is 0. The molecule has 0 aromatic heterocycles. The van der Waals surface area contributed by atoms with Crippen molar-refractivity contribution in [3.63, 3.8) is 0 Å². The number of anilines is 1. The van der Waals surface area contributed by atoms with Crippen LogP contribution in [0.15, 0.2) is 72.8 Å². The van der Waals surface area contributed by atoms with Crippen molar-refractivity contribution in [2.45, 2.75) is 44.9 Å². The van der Waals surface area contributed by atoms with Crippen molar-refractivity contribution >= 4 is 17.5 Å². The predicted octanol–water partition coefficient (Wildman–Crippen LogP) is 5.35. The maximum absolute atomic E-state index is 13.7. The minimum absolute atomic E-state index is 0.0150. The first kappa shape index (κ1) is 25.0. The highest BCUT2D eigenvalue weighted by Crippen LogP contribution is 2.24. The molecule has 2 aliphatic rings. The number of rotatable bonds is 9. The van der Waals surface area contributed by atoms with Gasteiger partial charge >= 0.3 is 0 Å². The molecule has 3 aromatic carbocycles. The average molecular weight is 503 g/mol. The van der Waals surface area contributed by atoms with Gasteiger partial charge in [-0.3, -0.25) is 9.59 Å². The van der Waals surface area contributed by atoms with Gasteiger partial charge in [0.05, 0.1) is 6.10 Å². The molecular formula is C30H31FN2O4. The second-order valence-electron chi connectivity index (χ2n) is 9.58. The van der Waals surface area contributed by atoms with E-state index >= 15 is 0 Å². The quantitative estimate of drug-likeness (QED) is 0.396. The fraction of sp³-hybridized carbons (Fsp3) is 0.333. The zero-order chi connectivity index (χ0) is 25.6. The number of carbonyl (C=O) groups is 2. The summed E-state index contributed by atoms with van der Waals surface area (Å²) in [5.41, 5.74) is 3.06. The number of benzene rings is 3. The zero-order valence-corrected chi connectivity index (χ0v) is 20.8. The second kappa shape index (κ2) is 11.6. The maximum atomic E-state index is 13.7. The van der Waals surface area contributed by atoms with E-state index in [1.807, 2.05) is 53.4 Å². The predicted molar refractivity (Wildman–Crippen MR) is 139 cm³/mol. The van der Waals surface area contributed by atoms with Gasteiger partial charge in [0.15, 0.2) is 0 Å². The van der Waals surface area contributed by atoms with Crippen molar-refractivity contribution in [1.82, 2.24) is 4.90 Å². The summed E-state index contributed by atoms with van der Waals surface area (Å²) < 4.78 is 25.0. The first-order chi connectivity index (χ1) is 18.0. The molecule has 2 fully saturated rings. The molecule has 0 N–H and O–H groups in total. The second-order valence-corrected chi connectivity index (χ2v) is 9.58. The van der Waals surface area contributed by atoms with E-state index in [1.54, 1.807) is 17.0 Å². The molecule has 0 saturated carbocycles. The van der Waals surface area contributed by atoms with E-state index in [0.29, 0.717) is 37.4 Å². The van der Waals surface area contributed by atoms with Crippen molar-refractivity contribution in [1.29, 1.82) is 0 Å². The fourth-order valence-corrected chi connectivity index (χ4v) is 4.87. The van der Waals surface area contributed by atoms with Crippen LogP contribution in [0.5, 0.6) is 5.75 Å². The molecule has 37 heavy (non-hydrogen) atoms. The lowest BCUT2D eigenvalue weighted by Crippen LogP contribution is -2.37. The lowest BCUT2D eigenvalue weighted by atomic mass is 10.1. The van der Waals surface area contributed by atoms with Crippen molar-refractivity contribution < 1.29 is 23.5 Å². The van der Waals surface area contributed by atoms with Crippen LogP contribution < -0.4 is 9.64 Å². The van der Waals surface area contributed by atoms with Gasteiger partial charge in [0.1, 0.15) is 18.2 Å². The summed E-state index contributed by atoms with van der Waals surface area (Å²) in [5, 5.41) is 0. The molecule has 2 aliphatic heterocycles. The normalized spacial score (nSPS) is 17.3. The third-order valence-corrected chi connectivity index (χ3v) is 6.80. The van der Waals surface area contributed by atoms with E-state index in [1.165, 1.54) is 12.1 Å². The molecule has 0 aliphatic carbocycles. The summed E-state index contributed by atoms with van der Waals surface area (Å²) >= 11 is 0. The van der Waals surface area contributed by atoms with Gasteiger partial charge in [0.2, 0.25) is 5.91 Å². The molecule has 0 spiro atoms. The summed E-state index contributed by atoms with van der Waals surface area (Å²) in [7, 11) is 0. The molecule has 192 valence electrons. The lowest BCUT2D eigenvalue weighted by Gasteiger charge is -2.26. The van der Waals surface area contributed by atoms with Crippen LogP contribution in [0, 0.1) is 5.82 Å². The smallest absolute Gasteiger partial charge is 0.254 e. The van der Waals surface area contributed by atoms with E-state index in [2.05, 4.69) is 0 Å². The van der Waals surface area contributed by atoms with Gasteiger partial charge in [-0.2, -0.15) is 0 Å². The van der Waals surface area contributed by atoms with Gasteiger partial charge in [-0.1, -0.05) is 30.3 Å². The Morgan fingerprint density at radius 1 is 1.03 bits per heavy atom. The van der Waals surface area contributed by atoms with Crippen molar-refractivity contribution in [3.05, 3.63) is 95.3 Å². The number of halogens is 1. The molecule has 0 radical (unpaired) electrons. The molecule has 1 atom stereocenters. The van der Waals surface area contributed by atoms with Gasteiger partial charge in [-0.25, -0.2) is 4.39 Å². The molecular weight excluding hydrogens is 471 g/mol. The van der Waals surface area contributed by atoms with E-state index in [0.717, 1.165) is 42.7 Å². The van der Waals surface area contributed by atoms with Crippen LogP contribution in [0.2, 0.25) is 0 Å². The molecule has 3 aromatic rings. The molecule has 2 heterocycles. The molecule has 2 saturated heterocycles. The first-order valence-electron chi connectivity index (χ1n) is 12.8. The molecule has 5 rings (SSSR count). The van der Waals surface area contributed by atoms with Crippen LogP contribution in [-0.4, -0.2) is 42.5 Å². The number of amides is 2. The van der Waals surface area contributed by atoms with Gasteiger partial charge in [-0.15, -0.1) is 0 Å². The molecule has 2 amide bonds. The standard InChI is InChI=1S/C30H31FN2O4/c31-25-7-1-5-23(17-25)21-37-27-13-11-22(12-14-27)19-32(20-28-9-4-16-36-28)30(35)24-6-2-8-26(18-24)33-15-3-10-29(33)34/h1-2,5-8,11-14,17-18,28H,3-4,9-10,15-16,19-21H2/t28-/m0/s1. The number of carbonyl (C=O) groups excluding carboxylic acids is 2. The molecule has 7 heteroatoms. The highest BCUT2D eigenvalue weighted by atomic mass is 19.1. The number of hydrogen-bond acceptors (Lipinski definition) is 4. The Labute approximate surface area is 216 Å². The van der Waals surface area contributed by atoms with E-state index in [4.69, 9.17) is 9.47 Å². The molecule has 0 bridgehead atoms. The van der Waals surface area contributed by atoms with Crippen molar-refractivity contribution in [2.24, 2.45) is 0 Å². The van der Waals surface area contributed by atoms with Gasteiger partial charge in [-0.05, 0) is 72.9 Å². The monoisotopic (exact) mass is 502 g/mol. The van der Waals surface area contributed by atoms with Crippen molar-refractivity contribution in [3.8, 4) is 5.75 Å². The molecule has 0 unspecified atom stereocenters. The van der Waals surface area contributed by atoms with Crippen LogP contribution in [0.25, 0.3) is 0 Å². The Bertz CT molecular complexity index is 1240. The summed E-state index contributed by atoms with van der Waals surface area (Å²) in [5.74, 6) is 0.397. The zero-order valence-electron chi connectivity index (χ0n) is 20.8. The SMILES string of the molecule is O=C(c1cccc(N2CCCC2=O)c1)N(Cc1ccc(OCc2cccc(F)c2)cc1)C[C@@H]1CCCO1. The summed E-state index contributed by atoms with van der Waals surface area (Å²) in [4.78, 5) is 29.4. The summed E-state index contributed by atoms with van der Waals surface area (Å²) in [6, 6.07) is 21.3. The number of nitrogens with zero attached hydrogens (tertiary/aromatic N) is 2. The lowest BCUT2D eigenvalue weighted by molar-refractivity contribution is -0.117. The van der Waals surface area contributed by atoms with Crippen LogP contribution in [-0.2, 0) is 22.7 Å². The highest BCUT2D eigenvalue weighted by molar-refractivity contribution is 5.99. The Morgan fingerprint density at radius 3 is 2.59 bits per heavy atom. The largest absolute Gasteiger partial charge is 0.489 e. The summed E-state index contributed by atoms with van der Waals surface area (Å²) in [6.45, 7) is 2.61. The molecule has 6 nitrogen and oxygen atoms in total. The Hall–Kier alpha value is -3.71. The van der Waals surface area contributed by atoms with Gasteiger partial charge < -0.3 is 19.3 Å². The third-order valence-electron chi connectivity index (χ3n) is 6.80. The topological polar surface area (TPSA) is 59.1 Å². The van der Waals surface area contributed by atoms with Gasteiger partial charge in [0.25, 0.3) is 5.91 Å². The van der Waals surface area contributed by atoms with Crippen LogP contribution in [0.1, 0.15) is 47.2 Å². The van der Waals surface area contributed by atoms with Crippen LogP contribution in [0.4, 0.5) is 10.1 Å². The summed E-state index contributed by atoms with van der Waals surface area (Å²) in [6.07, 6.45) is 3.33. The first-order valence-corrected chi connectivity index (χ1v) is 12.8. The van der Waals surface area contributed by atoms with Crippen LogP contribution in [0.3, 0.4) is 0 Å². The fourth-order valence-electron chi connectivity index (χ4n) is 4.87. The minimum Gasteiger partial charge on any atom is -0.489 e. The highest BCUT2D eigenvalue weighted by Gasteiger charge is 2.26. The van der Waals surface area contributed by atoms with Gasteiger partial charge in [0, 0.05) is 43.9 Å². The minimum atomic E-state index is -0.287. The third kappa shape index (κ3) is 6.35. The Kier molecular flexibility index (Phi) is 7.80. The van der Waals surface area contributed by atoms with E-state index in [-0.39, 0.29) is 30.3 Å². The van der Waals surface area contributed by atoms with E-state index < -0.39 is 0 Å². The maximum Gasteiger partial charge on any atom is 0.254 e. The van der Waals surface area contributed by atoms with Crippen molar-refractivity contribution in [2.75, 3.05) is 24.6 Å². The van der Waals surface area contributed by atoms with E-state index in [9.17, 15) is 14.0 Å².